The number of hydrogen-bond donors (Lipinski definition) is 1. The molecule has 1 N–H and O–H groups in total. The van der Waals surface area contributed by atoms with Crippen LogP contribution in [0.4, 0.5) is 4.79 Å². The normalized spacial score (nSPS) is 16.2. The van der Waals surface area contributed by atoms with Crippen molar-refractivity contribution >= 4 is 22.1 Å². The van der Waals surface area contributed by atoms with E-state index in [1.807, 2.05) is 43.3 Å². The van der Waals surface area contributed by atoms with Crippen molar-refractivity contribution in [3.8, 4) is 17.3 Å². The molecule has 1 saturated heterocycles. The molecule has 0 bridgehead atoms. The highest BCUT2D eigenvalue weighted by atomic mass is 32.2. The second-order valence-electron chi connectivity index (χ2n) is 6.29. The molecule has 2 aromatic heterocycles. The summed E-state index contributed by atoms with van der Waals surface area (Å²) in [7, 11) is 0. The Morgan fingerprint density at radius 3 is 2.68 bits per heavy atom. The minimum absolute atomic E-state index is 0.166. The lowest BCUT2D eigenvalue weighted by molar-refractivity contribution is -0.112. The van der Waals surface area contributed by atoms with Crippen LogP contribution in [0, 0.1) is 6.92 Å². The fraction of sp³-hybridized carbons (Fsp3) is 0.200. The van der Waals surface area contributed by atoms with E-state index in [0.29, 0.717) is 41.4 Å². The van der Waals surface area contributed by atoms with E-state index >= 15 is 0 Å². The Balaban J connectivity index is 1.37. The molecule has 1 aliphatic rings. The fourth-order valence-corrected chi connectivity index (χ4v) is 3.46. The lowest BCUT2D eigenvalue weighted by Gasteiger charge is -2.08. The molecule has 0 radical (unpaired) electrons. The average molecular weight is 395 g/mol. The molecule has 3 aromatic rings. The van der Waals surface area contributed by atoms with Crippen LogP contribution in [0.15, 0.2) is 53.1 Å². The quantitative estimate of drug-likeness (QED) is 0.682. The number of aromatic nitrogens is 2. The van der Waals surface area contributed by atoms with Crippen molar-refractivity contribution in [1.82, 2.24) is 15.3 Å². The maximum Gasteiger partial charge on any atom is 0.287 e. The van der Waals surface area contributed by atoms with Gasteiger partial charge >= 0.3 is 0 Å². The summed E-state index contributed by atoms with van der Waals surface area (Å²) in [6.45, 7) is 2.09. The Kier molecular flexibility index (Phi) is 5.12. The number of nitrogens with zero attached hydrogens (tertiary/aromatic N) is 2. The number of pyridine rings is 1. The van der Waals surface area contributed by atoms with Crippen molar-refractivity contribution in [2.24, 2.45) is 0 Å². The predicted molar refractivity (Wildman–Crippen MR) is 104 cm³/mol. The molecule has 0 aliphatic carbocycles. The van der Waals surface area contributed by atoms with Crippen LogP contribution in [-0.4, -0.2) is 26.4 Å². The lowest BCUT2D eigenvalue weighted by Crippen LogP contribution is -2.30. The molecule has 1 atom stereocenters. The molecule has 1 fully saturated rings. The number of amides is 1. The molecule has 7 nitrogen and oxygen atoms in total. The Labute approximate surface area is 165 Å². The van der Waals surface area contributed by atoms with Gasteiger partial charge in [0.05, 0.1) is 0 Å². The third kappa shape index (κ3) is 4.07. The monoisotopic (exact) mass is 395 g/mol. The molecule has 1 aromatic carbocycles. The van der Waals surface area contributed by atoms with Crippen molar-refractivity contribution in [3.63, 3.8) is 0 Å². The molecule has 3 heterocycles. The van der Waals surface area contributed by atoms with Crippen LogP contribution in [0.2, 0.25) is 0 Å². The average Bonchev–Trinajstić information content (AvgIpc) is 3.23. The minimum atomic E-state index is -0.500. The summed E-state index contributed by atoms with van der Waals surface area (Å²) in [6, 6.07) is 12.7. The van der Waals surface area contributed by atoms with Crippen LogP contribution >= 0.6 is 11.8 Å². The van der Waals surface area contributed by atoms with E-state index in [0.717, 1.165) is 11.1 Å². The molecule has 1 unspecified atom stereocenters. The summed E-state index contributed by atoms with van der Waals surface area (Å²) in [6.07, 6.45) is 2.05. The number of rotatable bonds is 6. The number of thioether (sulfide) groups is 1. The van der Waals surface area contributed by atoms with Crippen molar-refractivity contribution in [2.75, 3.05) is 0 Å². The number of ether oxygens (including phenoxy) is 1. The maximum absolute atomic E-state index is 11.7. The number of carbonyl (C=O) groups excluding carboxylic acids is 2. The first kappa shape index (κ1) is 18.2. The van der Waals surface area contributed by atoms with Crippen molar-refractivity contribution in [3.05, 3.63) is 65.7 Å². The Morgan fingerprint density at radius 2 is 2.00 bits per heavy atom. The van der Waals surface area contributed by atoms with Gasteiger partial charge in [0.25, 0.3) is 5.24 Å². The van der Waals surface area contributed by atoms with E-state index in [-0.39, 0.29) is 17.0 Å². The largest absolute Gasteiger partial charge is 0.471 e. The highest BCUT2D eigenvalue weighted by molar-refractivity contribution is 8.26. The molecule has 0 saturated carbocycles. The Bertz CT molecular complexity index is 1000. The van der Waals surface area contributed by atoms with E-state index in [2.05, 4.69) is 15.3 Å². The van der Waals surface area contributed by atoms with E-state index in [9.17, 15) is 9.59 Å². The van der Waals surface area contributed by atoms with Gasteiger partial charge in [0.2, 0.25) is 16.9 Å². The zero-order valence-electron chi connectivity index (χ0n) is 15.0. The third-order valence-electron chi connectivity index (χ3n) is 4.28. The maximum atomic E-state index is 11.7. The van der Waals surface area contributed by atoms with Crippen LogP contribution in [0.1, 0.15) is 17.0 Å². The number of hydrogen-bond acceptors (Lipinski definition) is 7. The molecule has 28 heavy (non-hydrogen) atoms. The van der Waals surface area contributed by atoms with Gasteiger partial charge in [-0.15, -0.1) is 0 Å². The van der Waals surface area contributed by atoms with Crippen molar-refractivity contribution < 1.29 is 18.7 Å². The standard InChI is InChI=1S/C20H17N3O4S/c1-12-16(22-18(27-12)14-5-3-2-4-6-14)11-26-17-8-7-13(10-21-17)9-15-19(24)28-20(25)23-15/h2-8,10,15H,9,11H2,1H3,(H,23,25). The summed E-state index contributed by atoms with van der Waals surface area (Å²) >= 11 is 0.708. The molecule has 1 aliphatic heterocycles. The van der Waals surface area contributed by atoms with E-state index in [1.165, 1.54) is 0 Å². The molecule has 142 valence electrons. The Hall–Kier alpha value is -3.13. The zero-order valence-corrected chi connectivity index (χ0v) is 15.9. The SMILES string of the molecule is Cc1oc(-c2ccccc2)nc1COc1ccc(CC2NC(=O)SC2=O)cn1. The predicted octanol–water partition coefficient (Wildman–Crippen LogP) is 3.52. The molecule has 0 spiro atoms. The fourth-order valence-electron chi connectivity index (χ4n) is 2.79. The molecular formula is C20H17N3O4S. The van der Waals surface area contributed by atoms with Gasteiger partial charge in [-0.2, -0.15) is 0 Å². The van der Waals surface area contributed by atoms with Crippen LogP contribution in [0.5, 0.6) is 5.88 Å². The van der Waals surface area contributed by atoms with Gasteiger partial charge in [0.15, 0.2) is 0 Å². The van der Waals surface area contributed by atoms with Gasteiger partial charge < -0.3 is 14.5 Å². The zero-order chi connectivity index (χ0) is 19.5. The van der Waals surface area contributed by atoms with Crippen LogP contribution in [0.25, 0.3) is 11.5 Å². The highest BCUT2D eigenvalue weighted by Crippen LogP contribution is 2.23. The minimum Gasteiger partial charge on any atom is -0.471 e. The van der Waals surface area contributed by atoms with Gasteiger partial charge in [-0.25, -0.2) is 9.97 Å². The van der Waals surface area contributed by atoms with Crippen molar-refractivity contribution in [1.29, 1.82) is 0 Å². The second kappa shape index (κ2) is 7.85. The number of aryl methyl sites for hydroxylation is 1. The van der Waals surface area contributed by atoms with Gasteiger partial charge in [-0.3, -0.25) is 9.59 Å². The van der Waals surface area contributed by atoms with Gasteiger partial charge in [-0.1, -0.05) is 24.3 Å². The van der Waals surface area contributed by atoms with Crippen LogP contribution in [-0.2, 0) is 17.8 Å². The van der Waals surface area contributed by atoms with Gasteiger partial charge in [0, 0.05) is 36.0 Å². The van der Waals surface area contributed by atoms with E-state index in [1.54, 1.807) is 12.3 Å². The summed E-state index contributed by atoms with van der Waals surface area (Å²) in [5, 5.41) is 2.16. The number of carbonyl (C=O) groups is 2. The summed E-state index contributed by atoms with van der Waals surface area (Å²) in [5.74, 6) is 1.70. The smallest absolute Gasteiger partial charge is 0.287 e. The van der Waals surface area contributed by atoms with E-state index in [4.69, 9.17) is 9.15 Å². The van der Waals surface area contributed by atoms with Crippen LogP contribution in [0.3, 0.4) is 0 Å². The van der Waals surface area contributed by atoms with Crippen molar-refractivity contribution in [2.45, 2.75) is 26.0 Å². The van der Waals surface area contributed by atoms with Gasteiger partial charge in [0.1, 0.15) is 24.1 Å². The first-order chi connectivity index (χ1) is 13.6. The topological polar surface area (TPSA) is 94.3 Å². The number of oxazole rings is 1. The van der Waals surface area contributed by atoms with Crippen LogP contribution < -0.4 is 10.1 Å². The first-order valence-electron chi connectivity index (χ1n) is 8.70. The molecule has 4 rings (SSSR count). The molecule has 1 amide bonds. The summed E-state index contributed by atoms with van der Waals surface area (Å²) in [4.78, 5) is 31.7. The highest BCUT2D eigenvalue weighted by Gasteiger charge is 2.31. The first-order valence-corrected chi connectivity index (χ1v) is 9.52. The summed E-state index contributed by atoms with van der Waals surface area (Å²) < 4.78 is 11.4. The molecular weight excluding hydrogens is 378 g/mol. The third-order valence-corrected chi connectivity index (χ3v) is 5.07. The molecule has 8 heteroatoms. The van der Waals surface area contributed by atoms with Gasteiger partial charge in [-0.05, 0) is 24.6 Å². The number of nitrogens with one attached hydrogen (secondary N) is 1. The summed E-state index contributed by atoms with van der Waals surface area (Å²) in [5.41, 5.74) is 2.46. The Morgan fingerprint density at radius 1 is 1.18 bits per heavy atom. The second-order valence-corrected chi connectivity index (χ2v) is 7.27. The van der Waals surface area contributed by atoms with E-state index < -0.39 is 6.04 Å². The number of benzene rings is 1. The lowest BCUT2D eigenvalue weighted by atomic mass is 10.1.